The summed E-state index contributed by atoms with van der Waals surface area (Å²) in [5, 5.41) is 2.86. The number of benzene rings is 1. The first-order chi connectivity index (χ1) is 11.6. The lowest BCUT2D eigenvalue weighted by molar-refractivity contribution is -0.124. The van der Waals surface area contributed by atoms with Crippen LogP contribution < -0.4 is 19.5 Å². The van der Waals surface area contributed by atoms with Gasteiger partial charge in [-0.1, -0.05) is 12.8 Å². The number of carbonyl (C=O) groups is 2. The van der Waals surface area contributed by atoms with Crippen molar-refractivity contribution in [2.45, 2.75) is 31.7 Å². The number of hydrogen-bond acceptors (Lipinski definition) is 6. The largest absolute Gasteiger partial charge is 0.493 e. The van der Waals surface area contributed by atoms with Crippen LogP contribution in [0.4, 0.5) is 0 Å². The molecule has 0 saturated heterocycles. The van der Waals surface area contributed by atoms with Crippen LogP contribution in [0.25, 0.3) is 0 Å². The molecule has 1 fully saturated rings. The van der Waals surface area contributed by atoms with Crippen LogP contribution in [0.2, 0.25) is 0 Å². The van der Waals surface area contributed by atoms with Gasteiger partial charge in [0.1, 0.15) is 0 Å². The summed E-state index contributed by atoms with van der Waals surface area (Å²) < 4.78 is 20.7. The van der Waals surface area contributed by atoms with Crippen LogP contribution in [0.3, 0.4) is 0 Å². The number of amides is 1. The van der Waals surface area contributed by atoms with Crippen molar-refractivity contribution in [1.29, 1.82) is 0 Å². The molecule has 1 aliphatic carbocycles. The molecule has 1 N–H and O–H groups in total. The highest BCUT2D eigenvalue weighted by atomic mass is 16.5. The van der Waals surface area contributed by atoms with Crippen LogP contribution in [-0.2, 0) is 9.53 Å². The standard InChI is InChI=1S/C17H23NO6/c1-21-13-8-11(9-14(22-2)16(13)23-3)17(20)24-10-15(19)18-12-6-4-5-7-12/h8-9,12H,4-7,10H2,1-3H3,(H,18,19). The van der Waals surface area contributed by atoms with Crippen LogP contribution in [0.5, 0.6) is 17.2 Å². The summed E-state index contributed by atoms with van der Waals surface area (Å²) in [7, 11) is 4.40. The van der Waals surface area contributed by atoms with Gasteiger partial charge in [0.15, 0.2) is 18.1 Å². The van der Waals surface area contributed by atoms with Crippen molar-refractivity contribution in [1.82, 2.24) is 5.32 Å². The van der Waals surface area contributed by atoms with Gasteiger partial charge < -0.3 is 24.3 Å². The SMILES string of the molecule is COc1cc(C(=O)OCC(=O)NC2CCCC2)cc(OC)c1OC. The van der Waals surface area contributed by atoms with Gasteiger partial charge in [-0.05, 0) is 25.0 Å². The monoisotopic (exact) mass is 337 g/mol. The molecule has 7 heteroatoms. The molecule has 1 aliphatic rings. The van der Waals surface area contributed by atoms with Gasteiger partial charge in [0.25, 0.3) is 5.91 Å². The number of ether oxygens (including phenoxy) is 4. The normalized spacial score (nSPS) is 14.1. The highest BCUT2D eigenvalue weighted by Gasteiger charge is 2.20. The van der Waals surface area contributed by atoms with Crippen molar-refractivity contribution in [3.63, 3.8) is 0 Å². The fourth-order valence-corrected chi connectivity index (χ4v) is 2.75. The number of hydrogen-bond donors (Lipinski definition) is 1. The van der Waals surface area contributed by atoms with Gasteiger partial charge in [-0.25, -0.2) is 4.79 Å². The van der Waals surface area contributed by atoms with Crippen LogP contribution in [0.1, 0.15) is 36.0 Å². The zero-order valence-electron chi connectivity index (χ0n) is 14.2. The van der Waals surface area contributed by atoms with Gasteiger partial charge in [-0.15, -0.1) is 0 Å². The van der Waals surface area contributed by atoms with E-state index in [2.05, 4.69) is 5.32 Å². The predicted molar refractivity (Wildman–Crippen MR) is 86.8 cm³/mol. The number of methoxy groups -OCH3 is 3. The molecule has 0 atom stereocenters. The summed E-state index contributed by atoms with van der Waals surface area (Å²) in [6.45, 7) is -0.313. The molecule has 1 aromatic rings. The maximum Gasteiger partial charge on any atom is 0.338 e. The number of esters is 1. The summed E-state index contributed by atoms with van der Waals surface area (Å²) in [4.78, 5) is 24.0. The van der Waals surface area contributed by atoms with Crippen LogP contribution in [0, 0.1) is 0 Å². The van der Waals surface area contributed by atoms with Crippen molar-refractivity contribution < 1.29 is 28.5 Å². The third-order valence-corrected chi connectivity index (χ3v) is 3.96. The molecule has 1 aromatic carbocycles. The highest BCUT2D eigenvalue weighted by Crippen LogP contribution is 2.38. The molecule has 0 bridgehead atoms. The van der Waals surface area contributed by atoms with Gasteiger partial charge in [0, 0.05) is 6.04 Å². The third kappa shape index (κ3) is 4.31. The predicted octanol–water partition coefficient (Wildman–Crippen LogP) is 1.93. The van der Waals surface area contributed by atoms with Gasteiger partial charge in [0.05, 0.1) is 26.9 Å². The summed E-state index contributed by atoms with van der Waals surface area (Å²) in [5.74, 6) is 0.160. The van der Waals surface area contributed by atoms with Crippen molar-refractivity contribution in [3.05, 3.63) is 17.7 Å². The topological polar surface area (TPSA) is 83.1 Å². The Morgan fingerprint density at radius 2 is 1.62 bits per heavy atom. The lowest BCUT2D eigenvalue weighted by Gasteiger charge is -2.14. The van der Waals surface area contributed by atoms with E-state index in [1.54, 1.807) is 0 Å². The molecule has 132 valence electrons. The van der Waals surface area contributed by atoms with Gasteiger partial charge >= 0.3 is 5.97 Å². The van der Waals surface area contributed by atoms with E-state index in [0.29, 0.717) is 17.2 Å². The van der Waals surface area contributed by atoms with Gasteiger partial charge in [-0.3, -0.25) is 4.79 Å². The van der Waals surface area contributed by atoms with Crippen molar-refractivity contribution in [3.8, 4) is 17.2 Å². The Labute approximate surface area is 141 Å². The van der Waals surface area contributed by atoms with E-state index in [-0.39, 0.29) is 24.1 Å². The molecular formula is C17H23NO6. The zero-order valence-corrected chi connectivity index (χ0v) is 14.2. The van der Waals surface area contributed by atoms with Crippen molar-refractivity contribution in [2.24, 2.45) is 0 Å². The highest BCUT2D eigenvalue weighted by molar-refractivity contribution is 5.92. The Bertz CT molecular complexity index is 570. The first-order valence-electron chi connectivity index (χ1n) is 7.85. The Morgan fingerprint density at radius 1 is 1.04 bits per heavy atom. The average molecular weight is 337 g/mol. The molecule has 1 saturated carbocycles. The molecule has 0 aromatic heterocycles. The fourth-order valence-electron chi connectivity index (χ4n) is 2.75. The third-order valence-electron chi connectivity index (χ3n) is 3.96. The average Bonchev–Trinajstić information content (AvgIpc) is 3.11. The minimum Gasteiger partial charge on any atom is -0.493 e. The summed E-state index contributed by atoms with van der Waals surface area (Å²) in [6.07, 6.45) is 4.20. The molecule has 1 amide bonds. The lowest BCUT2D eigenvalue weighted by atomic mass is 10.2. The van der Waals surface area contributed by atoms with E-state index >= 15 is 0 Å². The van der Waals surface area contributed by atoms with E-state index < -0.39 is 5.97 Å². The summed E-state index contributed by atoms with van der Waals surface area (Å²) >= 11 is 0. The molecule has 24 heavy (non-hydrogen) atoms. The van der Waals surface area contributed by atoms with Crippen molar-refractivity contribution in [2.75, 3.05) is 27.9 Å². The summed E-state index contributed by atoms with van der Waals surface area (Å²) in [5.41, 5.74) is 0.221. The molecule has 2 rings (SSSR count). The van der Waals surface area contributed by atoms with E-state index in [1.165, 1.54) is 33.5 Å². The van der Waals surface area contributed by atoms with Crippen LogP contribution in [-0.4, -0.2) is 45.9 Å². The second kappa shape index (κ2) is 8.42. The fraction of sp³-hybridized carbons (Fsp3) is 0.529. The minimum absolute atomic E-state index is 0.192. The number of rotatable bonds is 7. The molecule has 0 radical (unpaired) electrons. The number of carbonyl (C=O) groups excluding carboxylic acids is 2. The first kappa shape index (κ1) is 17.9. The maximum absolute atomic E-state index is 12.2. The van der Waals surface area contributed by atoms with E-state index in [0.717, 1.165) is 25.7 Å². The Morgan fingerprint density at radius 3 is 2.12 bits per heavy atom. The maximum atomic E-state index is 12.2. The van der Waals surface area contributed by atoms with Crippen molar-refractivity contribution >= 4 is 11.9 Å². The Balaban J connectivity index is 1.99. The van der Waals surface area contributed by atoms with E-state index in [9.17, 15) is 9.59 Å². The second-order valence-electron chi connectivity index (χ2n) is 5.54. The quantitative estimate of drug-likeness (QED) is 0.766. The molecule has 0 spiro atoms. The molecule has 0 heterocycles. The molecule has 7 nitrogen and oxygen atoms in total. The minimum atomic E-state index is -0.629. The van der Waals surface area contributed by atoms with E-state index in [4.69, 9.17) is 18.9 Å². The lowest BCUT2D eigenvalue weighted by Crippen LogP contribution is -2.35. The van der Waals surface area contributed by atoms with Crippen LogP contribution >= 0.6 is 0 Å². The molecule has 0 aliphatic heterocycles. The second-order valence-corrected chi connectivity index (χ2v) is 5.54. The smallest absolute Gasteiger partial charge is 0.338 e. The first-order valence-corrected chi connectivity index (χ1v) is 7.85. The molecule has 0 unspecified atom stereocenters. The Hall–Kier alpha value is -2.44. The Kier molecular flexibility index (Phi) is 6.28. The van der Waals surface area contributed by atoms with Gasteiger partial charge in [0.2, 0.25) is 5.75 Å². The van der Waals surface area contributed by atoms with E-state index in [1.807, 2.05) is 0 Å². The molecular weight excluding hydrogens is 314 g/mol. The van der Waals surface area contributed by atoms with Gasteiger partial charge in [-0.2, -0.15) is 0 Å². The van der Waals surface area contributed by atoms with Crippen LogP contribution in [0.15, 0.2) is 12.1 Å². The number of nitrogens with one attached hydrogen (secondary N) is 1. The zero-order chi connectivity index (χ0) is 17.5. The summed E-state index contributed by atoms with van der Waals surface area (Å²) in [6, 6.07) is 3.16.